The molecule has 4 heteroatoms. The van der Waals surface area contributed by atoms with E-state index in [9.17, 15) is 4.79 Å². The topological polar surface area (TPSA) is 56.1 Å². The quantitative estimate of drug-likeness (QED) is 0.855. The number of rotatable bonds is 7. The number of nitrogens with zero attached hydrogens (tertiary/aromatic N) is 2. The molecule has 0 saturated heterocycles. The fourth-order valence-corrected chi connectivity index (χ4v) is 2.36. The lowest BCUT2D eigenvalue weighted by Crippen LogP contribution is -2.37. The van der Waals surface area contributed by atoms with Crippen LogP contribution in [-0.2, 0) is 17.9 Å². The van der Waals surface area contributed by atoms with Gasteiger partial charge in [0.2, 0.25) is 5.91 Å². The number of benzene rings is 2. The largest absolute Gasteiger partial charge is 0.338 e. The fraction of sp³-hybridized carbons (Fsp3) is 0.263. The van der Waals surface area contributed by atoms with Crippen molar-refractivity contribution in [3.05, 3.63) is 71.3 Å². The van der Waals surface area contributed by atoms with Crippen LogP contribution in [0.15, 0.2) is 54.6 Å². The van der Waals surface area contributed by atoms with Gasteiger partial charge in [-0.05, 0) is 30.2 Å². The monoisotopic (exact) mass is 307 g/mol. The van der Waals surface area contributed by atoms with Crippen molar-refractivity contribution in [1.29, 1.82) is 5.26 Å². The van der Waals surface area contributed by atoms with E-state index in [4.69, 9.17) is 5.26 Å². The molecular weight excluding hydrogens is 286 g/mol. The van der Waals surface area contributed by atoms with Gasteiger partial charge >= 0.3 is 0 Å². The fourth-order valence-electron chi connectivity index (χ4n) is 2.36. The lowest BCUT2D eigenvalue weighted by molar-refractivity contribution is -0.130. The Kier molecular flexibility index (Phi) is 6.34. The number of carbonyl (C=O) groups excluding carboxylic acids is 1. The van der Waals surface area contributed by atoms with Gasteiger partial charge in [0, 0.05) is 19.6 Å². The predicted octanol–water partition coefficient (Wildman–Crippen LogP) is 2.70. The Morgan fingerprint density at radius 1 is 1.13 bits per heavy atom. The van der Waals surface area contributed by atoms with Gasteiger partial charge in [0.15, 0.2) is 0 Å². The maximum absolute atomic E-state index is 12.3. The number of nitriles is 1. The molecule has 0 unspecified atom stereocenters. The predicted molar refractivity (Wildman–Crippen MR) is 90.4 cm³/mol. The van der Waals surface area contributed by atoms with E-state index in [1.807, 2.05) is 60.4 Å². The molecule has 1 N–H and O–H groups in total. The van der Waals surface area contributed by atoms with Gasteiger partial charge in [-0.3, -0.25) is 4.79 Å². The van der Waals surface area contributed by atoms with Crippen molar-refractivity contribution >= 4 is 5.91 Å². The lowest BCUT2D eigenvalue weighted by atomic mass is 10.1. The minimum absolute atomic E-state index is 0.0767. The molecule has 0 heterocycles. The molecule has 1 amide bonds. The normalized spacial score (nSPS) is 10.1. The Morgan fingerprint density at radius 2 is 1.87 bits per heavy atom. The standard InChI is InChI=1S/C19H21N3O/c1-2-22(15-16-7-4-3-5-8-16)19(23)14-21-13-18-10-6-9-17(11-18)12-20/h3-11,21H,2,13-15H2,1H3. The first-order valence-electron chi connectivity index (χ1n) is 7.74. The maximum atomic E-state index is 12.3. The molecular formula is C19H21N3O. The van der Waals surface area contributed by atoms with Crippen LogP contribution in [0.5, 0.6) is 0 Å². The third-order valence-electron chi connectivity index (χ3n) is 3.61. The summed E-state index contributed by atoms with van der Waals surface area (Å²) < 4.78 is 0. The Hall–Kier alpha value is -2.64. The molecule has 0 spiro atoms. The summed E-state index contributed by atoms with van der Waals surface area (Å²) in [6.07, 6.45) is 0. The Bertz CT molecular complexity index is 677. The van der Waals surface area contributed by atoms with E-state index in [1.54, 1.807) is 6.07 Å². The molecule has 0 aliphatic heterocycles. The Labute approximate surface area is 137 Å². The van der Waals surface area contributed by atoms with Gasteiger partial charge in [-0.15, -0.1) is 0 Å². The van der Waals surface area contributed by atoms with Gasteiger partial charge < -0.3 is 10.2 Å². The number of likely N-dealkylation sites (N-methyl/N-ethyl adjacent to an activating group) is 1. The first-order chi connectivity index (χ1) is 11.2. The highest BCUT2D eigenvalue weighted by molar-refractivity contribution is 5.78. The minimum atomic E-state index is 0.0767. The summed E-state index contributed by atoms with van der Waals surface area (Å²) in [4.78, 5) is 14.1. The first-order valence-corrected chi connectivity index (χ1v) is 7.74. The van der Waals surface area contributed by atoms with Crippen molar-refractivity contribution < 1.29 is 4.79 Å². The van der Waals surface area contributed by atoms with Crippen LogP contribution < -0.4 is 5.32 Å². The Balaban J connectivity index is 1.84. The summed E-state index contributed by atoms with van der Waals surface area (Å²) in [6, 6.07) is 19.5. The summed E-state index contributed by atoms with van der Waals surface area (Å²) in [5, 5.41) is 12.0. The molecule has 0 saturated carbocycles. The van der Waals surface area contributed by atoms with Gasteiger partial charge in [-0.2, -0.15) is 5.26 Å². The average Bonchev–Trinajstić information content (AvgIpc) is 2.60. The van der Waals surface area contributed by atoms with Crippen LogP contribution in [0, 0.1) is 11.3 Å². The second kappa shape index (κ2) is 8.72. The molecule has 0 aromatic heterocycles. The van der Waals surface area contributed by atoms with Crippen LogP contribution in [-0.4, -0.2) is 23.9 Å². The van der Waals surface area contributed by atoms with Gasteiger partial charge in [0.1, 0.15) is 0 Å². The van der Waals surface area contributed by atoms with Gasteiger partial charge in [0.05, 0.1) is 18.2 Å². The number of hydrogen-bond acceptors (Lipinski definition) is 3. The van der Waals surface area contributed by atoms with Crippen LogP contribution in [0.25, 0.3) is 0 Å². The van der Waals surface area contributed by atoms with Gasteiger partial charge in [-0.25, -0.2) is 0 Å². The number of amides is 1. The van der Waals surface area contributed by atoms with Crippen LogP contribution in [0.4, 0.5) is 0 Å². The highest BCUT2D eigenvalue weighted by Crippen LogP contribution is 2.05. The highest BCUT2D eigenvalue weighted by Gasteiger charge is 2.11. The van der Waals surface area contributed by atoms with Gasteiger partial charge in [-0.1, -0.05) is 42.5 Å². The molecule has 0 aliphatic carbocycles. The molecule has 0 radical (unpaired) electrons. The highest BCUT2D eigenvalue weighted by atomic mass is 16.2. The molecule has 118 valence electrons. The van der Waals surface area contributed by atoms with Crippen molar-refractivity contribution in [2.24, 2.45) is 0 Å². The number of carbonyl (C=O) groups is 1. The third-order valence-corrected chi connectivity index (χ3v) is 3.61. The SMILES string of the molecule is CCN(Cc1ccccc1)C(=O)CNCc1cccc(C#N)c1. The van der Waals surface area contributed by atoms with E-state index in [0.29, 0.717) is 25.2 Å². The van der Waals surface area contributed by atoms with E-state index < -0.39 is 0 Å². The number of nitrogens with one attached hydrogen (secondary N) is 1. The van der Waals surface area contributed by atoms with E-state index >= 15 is 0 Å². The first kappa shape index (κ1) is 16.7. The van der Waals surface area contributed by atoms with Crippen molar-refractivity contribution in [3.8, 4) is 6.07 Å². The van der Waals surface area contributed by atoms with Crippen LogP contribution >= 0.6 is 0 Å². The molecule has 0 aliphatic rings. The number of hydrogen-bond donors (Lipinski definition) is 1. The summed E-state index contributed by atoms with van der Waals surface area (Å²) in [5.41, 5.74) is 2.77. The zero-order chi connectivity index (χ0) is 16.5. The zero-order valence-corrected chi connectivity index (χ0v) is 13.3. The summed E-state index contributed by atoms with van der Waals surface area (Å²) in [7, 11) is 0. The van der Waals surface area contributed by atoms with Crippen LogP contribution in [0.3, 0.4) is 0 Å². The van der Waals surface area contributed by atoms with E-state index in [0.717, 1.165) is 11.1 Å². The second-order valence-corrected chi connectivity index (χ2v) is 5.31. The molecule has 4 nitrogen and oxygen atoms in total. The van der Waals surface area contributed by atoms with Gasteiger partial charge in [0.25, 0.3) is 0 Å². The molecule has 0 bridgehead atoms. The minimum Gasteiger partial charge on any atom is -0.338 e. The van der Waals surface area contributed by atoms with Crippen LogP contribution in [0.1, 0.15) is 23.6 Å². The maximum Gasteiger partial charge on any atom is 0.236 e. The van der Waals surface area contributed by atoms with Crippen molar-refractivity contribution in [3.63, 3.8) is 0 Å². The summed E-state index contributed by atoms with van der Waals surface area (Å²) in [5.74, 6) is 0.0767. The summed E-state index contributed by atoms with van der Waals surface area (Å²) in [6.45, 7) is 4.15. The molecule has 2 aromatic rings. The summed E-state index contributed by atoms with van der Waals surface area (Å²) >= 11 is 0. The van der Waals surface area contributed by atoms with E-state index in [2.05, 4.69) is 11.4 Å². The second-order valence-electron chi connectivity index (χ2n) is 5.31. The molecule has 0 fully saturated rings. The van der Waals surface area contributed by atoms with Crippen molar-refractivity contribution in [2.45, 2.75) is 20.0 Å². The molecule has 2 rings (SSSR count). The molecule has 2 aromatic carbocycles. The lowest BCUT2D eigenvalue weighted by Gasteiger charge is -2.21. The Morgan fingerprint density at radius 3 is 2.57 bits per heavy atom. The van der Waals surface area contributed by atoms with E-state index in [1.165, 1.54) is 0 Å². The van der Waals surface area contributed by atoms with Crippen LogP contribution in [0.2, 0.25) is 0 Å². The van der Waals surface area contributed by atoms with E-state index in [-0.39, 0.29) is 12.5 Å². The average molecular weight is 307 g/mol. The van der Waals surface area contributed by atoms with Crippen molar-refractivity contribution in [1.82, 2.24) is 10.2 Å². The molecule has 23 heavy (non-hydrogen) atoms. The van der Waals surface area contributed by atoms with Crippen molar-refractivity contribution in [2.75, 3.05) is 13.1 Å². The molecule has 0 atom stereocenters. The smallest absolute Gasteiger partial charge is 0.236 e. The third kappa shape index (κ3) is 5.24. The zero-order valence-electron chi connectivity index (χ0n) is 13.3.